The first-order chi connectivity index (χ1) is 8.76. The van der Waals surface area contributed by atoms with Gasteiger partial charge in [0, 0.05) is 11.1 Å². The highest BCUT2D eigenvalue weighted by Crippen LogP contribution is 2.33. The smallest absolute Gasteiger partial charge is 0.134 e. The van der Waals surface area contributed by atoms with E-state index in [0.29, 0.717) is 0 Å². The van der Waals surface area contributed by atoms with Gasteiger partial charge in [0.25, 0.3) is 0 Å². The Kier molecular flexibility index (Phi) is 4.64. The van der Waals surface area contributed by atoms with Crippen LogP contribution in [0.5, 0.6) is 5.75 Å². The maximum Gasteiger partial charge on any atom is 0.134 e. The minimum Gasteiger partial charge on any atom is -0.496 e. The topological polar surface area (TPSA) is 21.3 Å². The predicted molar refractivity (Wildman–Crippen MR) is 77.8 cm³/mol. The van der Waals surface area contributed by atoms with Gasteiger partial charge in [0.1, 0.15) is 5.75 Å². The van der Waals surface area contributed by atoms with E-state index in [0.717, 1.165) is 22.8 Å². The summed E-state index contributed by atoms with van der Waals surface area (Å²) in [5, 5.41) is 6.19. The van der Waals surface area contributed by atoms with Crippen LogP contribution >= 0.6 is 22.9 Å². The second kappa shape index (κ2) is 6.23. The maximum absolute atomic E-state index is 6.20. The van der Waals surface area contributed by atoms with Crippen molar-refractivity contribution in [1.29, 1.82) is 0 Å². The summed E-state index contributed by atoms with van der Waals surface area (Å²) in [6, 6.07) is 10.2. The molecule has 2 nitrogen and oxygen atoms in total. The van der Waals surface area contributed by atoms with Gasteiger partial charge in [-0.25, -0.2) is 0 Å². The van der Waals surface area contributed by atoms with Crippen molar-refractivity contribution in [2.24, 2.45) is 0 Å². The lowest BCUT2D eigenvalue weighted by molar-refractivity contribution is 0.405. The summed E-state index contributed by atoms with van der Waals surface area (Å²) in [6.45, 7) is 0. The van der Waals surface area contributed by atoms with E-state index in [9.17, 15) is 0 Å². The first-order valence-corrected chi connectivity index (χ1v) is 7.04. The Morgan fingerprint density at radius 3 is 2.78 bits per heavy atom. The zero-order chi connectivity index (χ0) is 13.0. The highest BCUT2D eigenvalue weighted by Gasteiger charge is 2.17. The van der Waals surface area contributed by atoms with E-state index in [4.69, 9.17) is 16.3 Å². The van der Waals surface area contributed by atoms with Crippen LogP contribution in [0.25, 0.3) is 0 Å². The van der Waals surface area contributed by atoms with E-state index in [1.165, 1.54) is 4.88 Å². The number of thiophene rings is 1. The van der Waals surface area contributed by atoms with Gasteiger partial charge in [-0.2, -0.15) is 0 Å². The van der Waals surface area contributed by atoms with Gasteiger partial charge in [0.15, 0.2) is 0 Å². The summed E-state index contributed by atoms with van der Waals surface area (Å²) in [5.41, 5.74) is 1.15. The van der Waals surface area contributed by atoms with Crippen molar-refractivity contribution in [3.63, 3.8) is 0 Å². The van der Waals surface area contributed by atoms with Crippen molar-refractivity contribution in [3.05, 3.63) is 51.2 Å². The third-order valence-electron chi connectivity index (χ3n) is 2.92. The van der Waals surface area contributed by atoms with Crippen LogP contribution in [0.2, 0.25) is 5.02 Å². The zero-order valence-corrected chi connectivity index (χ0v) is 12.0. The quantitative estimate of drug-likeness (QED) is 0.897. The Labute approximate surface area is 117 Å². The number of rotatable bonds is 5. The fourth-order valence-corrected chi connectivity index (χ4v) is 3.13. The average Bonchev–Trinajstić information content (AvgIpc) is 2.86. The van der Waals surface area contributed by atoms with Gasteiger partial charge in [0.05, 0.1) is 12.0 Å². The standard InChI is InChI=1S/C14H16ClNOS/c1-16-12(14-13(17-2)7-8-18-14)9-10-5-3-4-6-11(10)15/h3-8,12,16H,9H2,1-2H3. The molecule has 0 saturated heterocycles. The fourth-order valence-electron chi connectivity index (χ4n) is 1.94. The van der Waals surface area contributed by atoms with E-state index >= 15 is 0 Å². The van der Waals surface area contributed by atoms with Crippen molar-refractivity contribution in [3.8, 4) is 5.75 Å². The first kappa shape index (κ1) is 13.4. The van der Waals surface area contributed by atoms with Crippen molar-refractivity contribution in [2.45, 2.75) is 12.5 Å². The van der Waals surface area contributed by atoms with Gasteiger partial charge >= 0.3 is 0 Å². The normalized spacial score (nSPS) is 12.4. The molecule has 18 heavy (non-hydrogen) atoms. The van der Waals surface area contributed by atoms with Gasteiger partial charge in [0.2, 0.25) is 0 Å². The van der Waals surface area contributed by atoms with Crippen molar-refractivity contribution in [2.75, 3.05) is 14.2 Å². The second-order valence-corrected chi connectivity index (χ2v) is 5.34. The van der Waals surface area contributed by atoms with Gasteiger partial charge in [-0.15, -0.1) is 11.3 Å². The van der Waals surface area contributed by atoms with E-state index in [-0.39, 0.29) is 6.04 Å². The maximum atomic E-state index is 6.20. The summed E-state index contributed by atoms with van der Waals surface area (Å²) < 4.78 is 5.37. The van der Waals surface area contributed by atoms with E-state index in [1.54, 1.807) is 18.4 Å². The largest absolute Gasteiger partial charge is 0.496 e. The fraction of sp³-hybridized carbons (Fsp3) is 0.286. The molecule has 0 bridgehead atoms. The van der Waals surface area contributed by atoms with Crippen molar-refractivity contribution >= 4 is 22.9 Å². The molecule has 0 aliphatic heterocycles. The Morgan fingerprint density at radius 1 is 1.33 bits per heavy atom. The van der Waals surface area contributed by atoms with Crippen LogP contribution in [0.3, 0.4) is 0 Å². The van der Waals surface area contributed by atoms with Crippen molar-refractivity contribution < 1.29 is 4.74 Å². The first-order valence-electron chi connectivity index (χ1n) is 5.78. The molecule has 1 aromatic heterocycles. The van der Waals surface area contributed by atoms with Crippen LogP contribution < -0.4 is 10.1 Å². The van der Waals surface area contributed by atoms with Gasteiger partial charge in [-0.1, -0.05) is 29.8 Å². The summed E-state index contributed by atoms with van der Waals surface area (Å²) in [7, 11) is 3.66. The van der Waals surface area contributed by atoms with Crippen LogP contribution in [0.4, 0.5) is 0 Å². The number of likely N-dealkylation sites (N-methyl/N-ethyl adjacent to an activating group) is 1. The molecule has 1 heterocycles. The van der Waals surface area contributed by atoms with Crippen molar-refractivity contribution in [1.82, 2.24) is 5.32 Å². The Morgan fingerprint density at radius 2 is 2.11 bits per heavy atom. The molecule has 0 fully saturated rings. The van der Waals surface area contributed by atoms with E-state index in [1.807, 2.05) is 36.7 Å². The molecule has 1 N–H and O–H groups in total. The summed E-state index contributed by atoms with van der Waals surface area (Å²) in [4.78, 5) is 1.21. The molecule has 2 aromatic rings. The summed E-state index contributed by atoms with van der Waals surface area (Å²) >= 11 is 7.91. The molecule has 0 radical (unpaired) electrons. The predicted octanol–water partition coefficient (Wildman–Crippen LogP) is 3.91. The lowest BCUT2D eigenvalue weighted by Crippen LogP contribution is -2.18. The van der Waals surface area contributed by atoms with Gasteiger partial charge in [-0.05, 0) is 36.5 Å². The summed E-state index contributed by atoms with van der Waals surface area (Å²) in [5.74, 6) is 0.936. The molecule has 4 heteroatoms. The molecular formula is C14H16ClNOS. The number of hydrogen-bond donors (Lipinski definition) is 1. The third kappa shape index (κ3) is 2.86. The lowest BCUT2D eigenvalue weighted by Gasteiger charge is -2.17. The SMILES string of the molecule is CNC(Cc1ccccc1Cl)c1sccc1OC. The molecule has 0 aliphatic rings. The number of benzene rings is 1. The highest BCUT2D eigenvalue weighted by atomic mass is 35.5. The van der Waals surface area contributed by atoms with E-state index < -0.39 is 0 Å². The van der Waals surface area contributed by atoms with Gasteiger partial charge < -0.3 is 10.1 Å². The Hall–Kier alpha value is -1.03. The third-order valence-corrected chi connectivity index (χ3v) is 4.30. The molecule has 1 unspecified atom stereocenters. The minimum atomic E-state index is 0.222. The van der Waals surface area contributed by atoms with Crippen LogP contribution in [0, 0.1) is 0 Å². The van der Waals surface area contributed by atoms with Crippen LogP contribution in [0.15, 0.2) is 35.7 Å². The Bertz CT molecular complexity index is 512. The Balaban J connectivity index is 2.23. The number of ether oxygens (including phenoxy) is 1. The lowest BCUT2D eigenvalue weighted by atomic mass is 10.0. The zero-order valence-electron chi connectivity index (χ0n) is 10.4. The second-order valence-electron chi connectivity index (χ2n) is 3.99. The highest BCUT2D eigenvalue weighted by molar-refractivity contribution is 7.10. The number of halogens is 1. The van der Waals surface area contributed by atoms with E-state index in [2.05, 4.69) is 11.4 Å². The van der Waals surface area contributed by atoms with Crippen LogP contribution in [-0.2, 0) is 6.42 Å². The molecule has 96 valence electrons. The van der Waals surface area contributed by atoms with Crippen LogP contribution in [-0.4, -0.2) is 14.2 Å². The minimum absolute atomic E-state index is 0.222. The molecule has 1 aromatic carbocycles. The van der Waals surface area contributed by atoms with Crippen LogP contribution in [0.1, 0.15) is 16.5 Å². The molecule has 1 atom stereocenters. The number of nitrogens with one attached hydrogen (secondary N) is 1. The van der Waals surface area contributed by atoms with Gasteiger partial charge in [-0.3, -0.25) is 0 Å². The number of hydrogen-bond acceptors (Lipinski definition) is 3. The molecular weight excluding hydrogens is 266 g/mol. The average molecular weight is 282 g/mol. The molecule has 0 spiro atoms. The molecule has 0 saturated carbocycles. The molecule has 0 amide bonds. The molecule has 0 aliphatic carbocycles. The number of methoxy groups -OCH3 is 1. The monoisotopic (exact) mass is 281 g/mol. The summed E-state index contributed by atoms with van der Waals surface area (Å²) in [6.07, 6.45) is 0.854. The molecule has 2 rings (SSSR count).